The van der Waals surface area contributed by atoms with Crippen LogP contribution in [0.2, 0.25) is 0 Å². The fourth-order valence-electron chi connectivity index (χ4n) is 2.87. The van der Waals surface area contributed by atoms with Gasteiger partial charge in [-0.2, -0.15) is 0 Å². The van der Waals surface area contributed by atoms with Crippen LogP contribution in [0.25, 0.3) is 37.4 Å². The molecular formula is C19H11FN4O2S. The number of aryl methyl sites for hydroxylation is 1. The van der Waals surface area contributed by atoms with E-state index in [1.165, 1.54) is 18.2 Å². The molecule has 6 nitrogen and oxygen atoms in total. The van der Waals surface area contributed by atoms with Gasteiger partial charge in [-0.1, -0.05) is 23.4 Å². The molecule has 0 spiro atoms. The SMILES string of the molecule is [C-]#[N+]c1ccc(-c2cc(C(=O)O)sc2-c2ccc3c(c2)nnn3C)cc1F. The van der Waals surface area contributed by atoms with E-state index in [1.807, 2.05) is 18.2 Å². The van der Waals surface area contributed by atoms with Gasteiger partial charge in [0.1, 0.15) is 16.2 Å². The Morgan fingerprint density at radius 2 is 2.00 bits per heavy atom. The van der Waals surface area contributed by atoms with Crippen molar-refractivity contribution in [1.82, 2.24) is 15.0 Å². The highest BCUT2D eigenvalue weighted by Gasteiger charge is 2.18. The number of aromatic carboxylic acids is 1. The standard InChI is InChI=1S/C19H11FN4O2S/c1-21-14-5-3-10(7-13(14)20)12-9-17(19(25)26)27-18(12)11-4-6-16-15(8-11)22-23-24(16)2/h3-9H,2H3,(H,25,26). The third kappa shape index (κ3) is 2.84. The molecule has 4 rings (SSSR count). The van der Waals surface area contributed by atoms with Gasteiger partial charge in [0.05, 0.1) is 12.1 Å². The number of carboxylic acid groups (broad SMARTS) is 1. The Bertz CT molecular complexity index is 1250. The van der Waals surface area contributed by atoms with Gasteiger partial charge in [0, 0.05) is 17.5 Å². The van der Waals surface area contributed by atoms with Gasteiger partial charge in [0.15, 0.2) is 0 Å². The minimum atomic E-state index is -1.05. The molecule has 0 aliphatic rings. The topological polar surface area (TPSA) is 72.4 Å². The molecular weight excluding hydrogens is 367 g/mol. The van der Waals surface area contributed by atoms with Gasteiger partial charge in [-0.25, -0.2) is 18.7 Å². The lowest BCUT2D eigenvalue weighted by atomic mass is 10.0. The summed E-state index contributed by atoms with van der Waals surface area (Å²) in [4.78, 5) is 15.4. The molecule has 0 saturated heterocycles. The minimum Gasteiger partial charge on any atom is -0.477 e. The van der Waals surface area contributed by atoms with Crippen LogP contribution >= 0.6 is 11.3 Å². The van der Waals surface area contributed by atoms with E-state index in [4.69, 9.17) is 6.57 Å². The maximum Gasteiger partial charge on any atom is 0.345 e. The maximum absolute atomic E-state index is 14.1. The molecule has 2 heterocycles. The third-order valence-electron chi connectivity index (χ3n) is 4.19. The monoisotopic (exact) mass is 378 g/mol. The Kier molecular flexibility index (Phi) is 3.94. The normalized spacial score (nSPS) is 10.9. The number of thiophene rings is 1. The predicted molar refractivity (Wildman–Crippen MR) is 100 cm³/mol. The van der Waals surface area contributed by atoms with Crippen LogP contribution in [-0.4, -0.2) is 26.1 Å². The average molecular weight is 378 g/mol. The lowest BCUT2D eigenvalue weighted by Gasteiger charge is -2.06. The number of hydrogen-bond acceptors (Lipinski definition) is 4. The molecule has 0 fully saturated rings. The lowest BCUT2D eigenvalue weighted by Crippen LogP contribution is -1.90. The molecule has 0 aliphatic heterocycles. The summed E-state index contributed by atoms with van der Waals surface area (Å²) >= 11 is 1.11. The molecule has 132 valence electrons. The molecule has 0 aliphatic carbocycles. The van der Waals surface area contributed by atoms with Crippen LogP contribution in [0, 0.1) is 12.4 Å². The number of rotatable bonds is 3. The molecule has 27 heavy (non-hydrogen) atoms. The van der Waals surface area contributed by atoms with E-state index in [2.05, 4.69) is 15.2 Å². The average Bonchev–Trinajstić information content (AvgIpc) is 3.26. The summed E-state index contributed by atoms with van der Waals surface area (Å²) < 4.78 is 15.7. The zero-order chi connectivity index (χ0) is 19.1. The second kappa shape index (κ2) is 6.30. The summed E-state index contributed by atoms with van der Waals surface area (Å²) in [5.74, 6) is -1.69. The first-order valence-corrected chi connectivity index (χ1v) is 8.64. The van der Waals surface area contributed by atoms with E-state index in [0.29, 0.717) is 21.5 Å². The molecule has 4 aromatic rings. The summed E-state index contributed by atoms with van der Waals surface area (Å²) in [6.07, 6.45) is 0. The molecule has 0 saturated carbocycles. The van der Waals surface area contributed by atoms with E-state index in [0.717, 1.165) is 22.4 Å². The van der Waals surface area contributed by atoms with Crippen molar-refractivity contribution in [2.75, 3.05) is 0 Å². The summed E-state index contributed by atoms with van der Waals surface area (Å²) in [7, 11) is 1.79. The van der Waals surface area contributed by atoms with E-state index < -0.39 is 11.8 Å². The zero-order valence-electron chi connectivity index (χ0n) is 14.0. The van der Waals surface area contributed by atoms with Crippen LogP contribution in [0.5, 0.6) is 0 Å². The molecule has 1 N–H and O–H groups in total. The molecule has 2 aromatic heterocycles. The molecule has 0 bridgehead atoms. The van der Waals surface area contributed by atoms with Gasteiger partial charge in [0.25, 0.3) is 0 Å². The maximum atomic E-state index is 14.1. The minimum absolute atomic E-state index is 0.0741. The lowest BCUT2D eigenvalue weighted by molar-refractivity contribution is 0.0702. The number of fused-ring (bicyclic) bond motifs is 1. The van der Waals surface area contributed by atoms with Crippen molar-refractivity contribution < 1.29 is 14.3 Å². The molecule has 2 aromatic carbocycles. The molecule has 8 heteroatoms. The van der Waals surface area contributed by atoms with Gasteiger partial charge in [-0.05, 0) is 35.4 Å². The number of halogens is 1. The number of carboxylic acids is 1. The highest BCUT2D eigenvalue weighted by molar-refractivity contribution is 7.18. The quantitative estimate of drug-likeness (QED) is 0.522. The number of aromatic nitrogens is 3. The number of carbonyl (C=O) groups is 1. The van der Waals surface area contributed by atoms with Crippen LogP contribution in [0.1, 0.15) is 9.67 Å². The van der Waals surface area contributed by atoms with E-state index >= 15 is 0 Å². The smallest absolute Gasteiger partial charge is 0.345 e. The van der Waals surface area contributed by atoms with Crippen LogP contribution in [0.15, 0.2) is 42.5 Å². The Labute approximate surface area is 156 Å². The summed E-state index contributed by atoms with van der Waals surface area (Å²) in [6, 6.07) is 11.3. The molecule has 0 unspecified atom stereocenters. The molecule has 0 atom stereocenters. The highest BCUT2D eigenvalue weighted by Crippen LogP contribution is 2.41. The van der Waals surface area contributed by atoms with Gasteiger partial charge in [-0.15, -0.1) is 16.4 Å². The van der Waals surface area contributed by atoms with Crippen LogP contribution < -0.4 is 0 Å². The predicted octanol–water partition coefficient (Wildman–Crippen LogP) is 4.75. The zero-order valence-corrected chi connectivity index (χ0v) is 14.8. The number of nitrogens with zero attached hydrogens (tertiary/aromatic N) is 4. The Morgan fingerprint density at radius 1 is 1.22 bits per heavy atom. The highest BCUT2D eigenvalue weighted by atomic mass is 32.1. The van der Waals surface area contributed by atoms with E-state index in [1.54, 1.807) is 17.8 Å². The van der Waals surface area contributed by atoms with Gasteiger partial charge < -0.3 is 5.11 Å². The summed E-state index contributed by atoms with van der Waals surface area (Å²) in [6.45, 7) is 6.97. The van der Waals surface area contributed by atoms with E-state index in [-0.39, 0.29) is 10.6 Å². The van der Waals surface area contributed by atoms with Crippen molar-refractivity contribution in [3.05, 3.63) is 64.6 Å². The largest absolute Gasteiger partial charge is 0.477 e. The molecule has 0 radical (unpaired) electrons. The first-order chi connectivity index (χ1) is 13.0. The third-order valence-corrected chi connectivity index (χ3v) is 5.37. The van der Waals surface area contributed by atoms with Gasteiger partial charge >= 0.3 is 5.97 Å². The Balaban J connectivity index is 1.92. The van der Waals surface area contributed by atoms with Crippen molar-refractivity contribution >= 4 is 34.0 Å². The second-order valence-corrected chi connectivity index (χ2v) is 6.91. The number of hydrogen-bond donors (Lipinski definition) is 1. The number of benzene rings is 2. The first kappa shape index (κ1) is 16.9. The van der Waals surface area contributed by atoms with Crippen LogP contribution in [-0.2, 0) is 7.05 Å². The van der Waals surface area contributed by atoms with Crippen molar-refractivity contribution in [3.8, 4) is 21.6 Å². The van der Waals surface area contributed by atoms with Gasteiger partial charge in [0.2, 0.25) is 5.69 Å². The van der Waals surface area contributed by atoms with Crippen molar-refractivity contribution in [2.24, 2.45) is 7.05 Å². The Morgan fingerprint density at radius 3 is 2.70 bits per heavy atom. The van der Waals surface area contributed by atoms with E-state index in [9.17, 15) is 14.3 Å². The van der Waals surface area contributed by atoms with Crippen molar-refractivity contribution in [2.45, 2.75) is 0 Å². The molecule has 0 amide bonds. The second-order valence-electron chi connectivity index (χ2n) is 5.85. The first-order valence-electron chi connectivity index (χ1n) is 7.82. The Hall–Kier alpha value is -3.57. The van der Waals surface area contributed by atoms with Crippen LogP contribution in [0.3, 0.4) is 0 Å². The summed E-state index contributed by atoms with van der Waals surface area (Å²) in [5.41, 5.74) is 3.33. The fraction of sp³-hybridized carbons (Fsp3) is 0.0526. The van der Waals surface area contributed by atoms with Crippen molar-refractivity contribution in [1.29, 1.82) is 0 Å². The van der Waals surface area contributed by atoms with Gasteiger partial charge in [-0.3, -0.25) is 0 Å². The fourth-order valence-corrected chi connectivity index (χ4v) is 3.89. The van der Waals surface area contributed by atoms with Crippen molar-refractivity contribution in [3.63, 3.8) is 0 Å². The summed E-state index contributed by atoms with van der Waals surface area (Å²) in [5, 5.41) is 17.5. The van der Waals surface area contributed by atoms with Crippen LogP contribution in [0.4, 0.5) is 10.1 Å².